The molecule has 0 spiro atoms. The van der Waals surface area contributed by atoms with Gasteiger partial charge in [-0.05, 0) is 43.7 Å². The number of rotatable bonds is 6. The van der Waals surface area contributed by atoms with Crippen LogP contribution in [0.3, 0.4) is 0 Å². The van der Waals surface area contributed by atoms with Gasteiger partial charge in [0.05, 0.1) is 7.11 Å². The molecule has 2 rings (SSSR count). The molecule has 2 aromatic rings. The standard InChI is InChI=1S/C19H23FN2O2/c1-12(15-7-5-8-16(11-15)22-14(3)23)21-13(2)19-17(20)9-6-10-18(19)24-4/h5-13,21H,1-4H3,(H,22,23)/t12-,13-/m1/s1. The summed E-state index contributed by atoms with van der Waals surface area (Å²) in [5.41, 5.74) is 2.25. The highest BCUT2D eigenvalue weighted by atomic mass is 19.1. The summed E-state index contributed by atoms with van der Waals surface area (Å²) in [5.74, 6) is 0.111. The molecule has 4 nitrogen and oxygen atoms in total. The first kappa shape index (κ1) is 17.9. The van der Waals surface area contributed by atoms with Crippen LogP contribution in [0.15, 0.2) is 42.5 Å². The minimum atomic E-state index is -0.298. The van der Waals surface area contributed by atoms with E-state index in [1.807, 2.05) is 38.1 Å². The number of ether oxygens (including phenoxy) is 1. The van der Waals surface area contributed by atoms with E-state index in [1.54, 1.807) is 12.1 Å². The van der Waals surface area contributed by atoms with Gasteiger partial charge in [0.25, 0.3) is 0 Å². The normalized spacial score (nSPS) is 13.2. The zero-order chi connectivity index (χ0) is 17.7. The molecule has 0 aliphatic heterocycles. The monoisotopic (exact) mass is 330 g/mol. The third-order valence-electron chi connectivity index (χ3n) is 3.87. The van der Waals surface area contributed by atoms with Crippen LogP contribution in [0.5, 0.6) is 5.75 Å². The number of carbonyl (C=O) groups is 1. The second-order valence-corrected chi connectivity index (χ2v) is 5.77. The predicted octanol–water partition coefficient (Wildman–Crippen LogP) is 4.20. The van der Waals surface area contributed by atoms with Crippen LogP contribution in [-0.2, 0) is 4.79 Å². The topological polar surface area (TPSA) is 50.4 Å². The summed E-state index contributed by atoms with van der Waals surface area (Å²) >= 11 is 0. The van der Waals surface area contributed by atoms with Crippen LogP contribution in [0, 0.1) is 5.82 Å². The maximum absolute atomic E-state index is 14.2. The third kappa shape index (κ3) is 4.32. The van der Waals surface area contributed by atoms with E-state index >= 15 is 0 Å². The Labute approximate surface area is 142 Å². The Bertz CT molecular complexity index is 718. The van der Waals surface area contributed by atoms with Crippen LogP contribution < -0.4 is 15.4 Å². The molecule has 2 aromatic carbocycles. The summed E-state index contributed by atoms with van der Waals surface area (Å²) in [4.78, 5) is 11.2. The minimum absolute atomic E-state index is 0.0296. The lowest BCUT2D eigenvalue weighted by molar-refractivity contribution is -0.114. The van der Waals surface area contributed by atoms with Gasteiger partial charge in [-0.1, -0.05) is 18.2 Å². The smallest absolute Gasteiger partial charge is 0.221 e. The summed E-state index contributed by atoms with van der Waals surface area (Å²) in [6, 6.07) is 12.1. The fourth-order valence-corrected chi connectivity index (χ4v) is 2.76. The first-order valence-corrected chi connectivity index (χ1v) is 7.88. The third-order valence-corrected chi connectivity index (χ3v) is 3.87. The van der Waals surface area contributed by atoms with Crippen molar-refractivity contribution in [2.45, 2.75) is 32.9 Å². The van der Waals surface area contributed by atoms with Crippen molar-refractivity contribution in [3.63, 3.8) is 0 Å². The fraction of sp³-hybridized carbons (Fsp3) is 0.316. The summed E-state index contributed by atoms with van der Waals surface area (Å²) in [6.45, 7) is 5.37. The molecule has 0 aliphatic rings. The summed E-state index contributed by atoms with van der Waals surface area (Å²) in [5, 5.41) is 6.14. The second-order valence-electron chi connectivity index (χ2n) is 5.77. The highest BCUT2D eigenvalue weighted by Gasteiger charge is 2.18. The SMILES string of the molecule is COc1cccc(F)c1[C@@H](C)N[C@H](C)c1cccc(NC(C)=O)c1. The van der Waals surface area contributed by atoms with Gasteiger partial charge in [-0.15, -0.1) is 0 Å². The minimum Gasteiger partial charge on any atom is -0.496 e. The van der Waals surface area contributed by atoms with Gasteiger partial charge in [0.2, 0.25) is 5.91 Å². The molecular formula is C19H23FN2O2. The van der Waals surface area contributed by atoms with Crippen molar-refractivity contribution in [2.75, 3.05) is 12.4 Å². The number of amides is 1. The molecule has 2 N–H and O–H groups in total. The van der Waals surface area contributed by atoms with Crippen molar-refractivity contribution in [2.24, 2.45) is 0 Å². The molecule has 1 amide bonds. The quantitative estimate of drug-likeness (QED) is 0.834. The lowest BCUT2D eigenvalue weighted by atomic mass is 10.0. The molecule has 0 fully saturated rings. The van der Waals surface area contributed by atoms with Gasteiger partial charge in [-0.2, -0.15) is 0 Å². The fourth-order valence-electron chi connectivity index (χ4n) is 2.76. The Hall–Kier alpha value is -2.40. The first-order chi connectivity index (χ1) is 11.4. The number of halogens is 1. The van der Waals surface area contributed by atoms with Gasteiger partial charge < -0.3 is 15.4 Å². The van der Waals surface area contributed by atoms with E-state index in [0.717, 1.165) is 11.3 Å². The van der Waals surface area contributed by atoms with E-state index in [-0.39, 0.29) is 23.8 Å². The Kier molecular flexibility index (Phi) is 5.93. The molecule has 24 heavy (non-hydrogen) atoms. The molecule has 0 bridgehead atoms. The highest BCUT2D eigenvalue weighted by molar-refractivity contribution is 5.88. The summed E-state index contributed by atoms with van der Waals surface area (Å²) in [6.07, 6.45) is 0. The average Bonchev–Trinajstić information content (AvgIpc) is 2.53. The van der Waals surface area contributed by atoms with Gasteiger partial charge in [-0.25, -0.2) is 4.39 Å². The van der Waals surface area contributed by atoms with Crippen molar-refractivity contribution in [1.82, 2.24) is 5.32 Å². The van der Waals surface area contributed by atoms with E-state index in [1.165, 1.54) is 20.1 Å². The van der Waals surface area contributed by atoms with Gasteiger partial charge in [0.15, 0.2) is 0 Å². The lowest BCUT2D eigenvalue weighted by Gasteiger charge is -2.23. The lowest BCUT2D eigenvalue weighted by Crippen LogP contribution is -2.24. The van der Waals surface area contributed by atoms with E-state index in [0.29, 0.717) is 11.3 Å². The van der Waals surface area contributed by atoms with Crippen LogP contribution in [0.4, 0.5) is 10.1 Å². The van der Waals surface area contributed by atoms with Crippen LogP contribution in [0.25, 0.3) is 0 Å². The van der Waals surface area contributed by atoms with E-state index < -0.39 is 0 Å². The van der Waals surface area contributed by atoms with Crippen LogP contribution in [0.2, 0.25) is 0 Å². The number of hydrogen-bond donors (Lipinski definition) is 2. The van der Waals surface area contributed by atoms with Gasteiger partial charge in [0.1, 0.15) is 11.6 Å². The molecule has 0 aromatic heterocycles. The molecule has 2 atom stereocenters. The van der Waals surface area contributed by atoms with Gasteiger partial charge >= 0.3 is 0 Å². The molecule has 0 radical (unpaired) electrons. The van der Waals surface area contributed by atoms with E-state index in [2.05, 4.69) is 10.6 Å². The van der Waals surface area contributed by atoms with Crippen molar-refractivity contribution in [3.05, 3.63) is 59.4 Å². The second kappa shape index (κ2) is 7.93. The number of carbonyl (C=O) groups excluding carboxylic acids is 1. The summed E-state index contributed by atoms with van der Waals surface area (Å²) < 4.78 is 19.5. The van der Waals surface area contributed by atoms with Crippen LogP contribution in [0.1, 0.15) is 44.0 Å². The molecule has 128 valence electrons. The number of nitrogens with one attached hydrogen (secondary N) is 2. The number of methoxy groups -OCH3 is 1. The Morgan fingerprint density at radius 3 is 2.50 bits per heavy atom. The molecule has 5 heteroatoms. The van der Waals surface area contributed by atoms with E-state index in [9.17, 15) is 9.18 Å². The van der Waals surface area contributed by atoms with Crippen molar-refractivity contribution >= 4 is 11.6 Å². The van der Waals surface area contributed by atoms with Crippen molar-refractivity contribution < 1.29 is 13.9 Å². The molecule has 0 saturated carbocycles. The van der Waals surface area contributed by atoms with Gasteiger partial charge in [0, 0.05) is 30.3 Å². The molecule has 0 unspecified atom stereocenters. The predicted molar refractivity (Wildman–Crippen MR) is 93.7 cm³/mol. The Morgan fingerprint density at radius 1 is 1.12 bits per heavy atom. The number of hydrogen-bond acceptors (Lipinski definition) is 3. The Morgan fingerprint density at radius 2 is 1.83 bits per heavy atom. The first-order valence-electron chi connectivity index (χ1n) is 7.88. The average molecular weight is 330 g/mol. The van der Waals surface area contributed by atoms with Crippen molar-refractivity contribution in [3.8, 4) is 5.75 Å². The highest BCUT2D eigenvalue weighted by Crippen LogP contribution is 2.29. The molecular weight excluding hydrogens is 307 g/mol. The van der Waals surface area contributed by atoms with Gasteiger partial charge in [-0.3, -0.25) is 4.79 Å². The summed E-state index contributed by atoms with van der Waals surface area (Å²) in [7, 11) is 1.53. The molecule has 0 heterocycles. The zero-order valence-corrected chi connectivity index (χ0v) is 14.4. The van der Waals surface area contributed by atoms with E-state index in [4.69, 9.17) is 4.74 Å². The molecule has 0 saturated heterocycles. The largest absolute Gasteiger partial charge is 0.496 e. The molecule has 0 aliphatic carbocycles. The maximum atomic E-state index is 14.2. The van der Waals surface area contributed by atoms with Crippen LogP contribution in [-0.4, -0.2) is 13.0 Å². The van der Waals surface area contributed by atoms with Crippen molar-refractivity contribution in [1.29, 1.82) is 0 Å². The maximum Gasteiger partial charge on any atom is 0.221 e. The number of benzene rings is 2. The zero-order valence-electron chi connectivity index (χ0n) is 14.4. The Balaban J connectivity index is 2.17. The number of anilines is 1. The van der Waals surface area contributed by atoms with Crippen LogP contribution >= 0.6 is 0 Å².